The standard InChI is InChI=1S/C25H29N3O3S2/c1-4-17-28-23-18(2)9-8-12-22(23)32-25(28)26-24(29)19-13-15-21(16-14-19)33(30,31)27(3)20-10-6-5-7-11-20/h4,8-9,12-16,20H,1,5-7,10-11,17H2,2-3H3. The Balaban J connectivity index is 1.63. The van der Waals surface area contributed by atoms with Gasteiger partial charge in [-0.2, -0.15) is 9.30 Å². The molecule has 1 aromatic heterocycles. The summed E-state index contributed by atoms with van der Waals surface area (Å²) in [7, 11) is -1.94. The Morgan fingerprint density at radius 1 is 1.18 bits per heavy atom. The molecule has 1 aliphatic rings. The van der Waals surface area contributed by atoms with Crippen molar-refractivity contribution >= 4 is 37.5 Å². The second kappa shape index (κ2) is 9.75. The Bertz CT molecular complexity index is 1350. The molecule has 174 valence electrons. The number of carbonyl (C=O) groups is 1. The summed E-state index contributed by atoms with van der Waals surface area (Å²) in [6.07, 6.45) is 6.85. The highest BCUT2D eigenvalue weighted by atomic mass is 32.2. The van der Waals surface area contributed by atoms with E-state index in [1.807, 2.05) is 29.7 Å². The van der Waals surface area contributed by atoms with Gasteiger partial charge in [0, 0.05) is 25.2 Å². The molecule has 0 N–H and O–H groups in total. The number of sulfonamides is 1. The number of amides is 1. The molecule has 8 heteroatoms. The van der Waals surface area contributed by atoms with Crippen LogP contribution < -0.4 is 4.80 Å². The van der Waals surface area contributed by atoms with Crippen LogP contribution in [0.15, 0.2) is 65.0 Å². The van der Waals surface area contributed by atoms with Crippen LogP contribution in [0.1, 0.15) is 48.0 Å². The largest absolute Gasteiger partial charge is 0.312 e. The Hall–Kier alpha value is -2.55. The van der Waals surface area contributed by atoms with E-state index in [1.165, 1.54) is 27.8 Å². The maximum absolute atomic E-state index is 13.1. The van der Waals surface area contributed by atoms with Crippen LogP contribution >= 0.6 is 11.3 Å². The number of para-hydroxylation sites is 1. The third-order valence-corrected chi connectivity index (χ3v) is 9.25. The van der Waals surface area contributed by atoms with Crippen LogP contribution in [0.4, 0.5) is 0 Å². The van der Waals surface area contributed by atoms with Crippen molar-refractivity contribution in [1.29, 1.82) is 0 Å². The lowest BCUT2D eigenvalue weighted by Gasteiger charge is -2.30. The lowest BCUT2D eigenvalue weighted by atomic mass is 9.96. The summed E-state index contributed by atoms with van der Waals surface area (Å²) in [5, 5.41) is 0. The fraction of sp³-hybridized carbons (Fsp3) is 0.360. The minimum Gasteiger partial charge on any atom is -0.312 e. The van der Waals surface area contributed by atoms with Gasteiger partial charge in [-0.25, -0.2) is 8.42 Å². The van der Waals surface area contributed by atoms with Crippen LogP contribution in [-0.2, 0) is 16.6 Å². The summed E-state index contributed by atoms with van der Waals surface area (Å²) in [5.74, 6) is -0.401. The first-order chi connectivity index (χ1) is 15.8. The van der Waals surface area contributed by atoms with Gasteiger partial charge >= 0.3 is 0 Å². The summed E-state index contributed by atoms with van der Waals surface area (Å²) in [6.45, 7) is 6.40. The summed E-state index contributed by atoms with van der Waals surface area (Å²) >= 11 is 1.45. The van der Waals surface area contributed by atoms with E-state index in [4.69, 9.17) is 0 Å². The van der Waals surface area contributed by atoms with Crippen molar-refractivity contribution in [3.05, 3.63) is 71.0 Å². The number of aromatic nitrogens is 1. The Morgan fingerprint density at radius 2 is 1.88 bits per heavy atom. The van der Waals surface area contributed by atoms with Crippen LogP contribution in [0.25, 0.3) is 10.2 Å². The zero-order valence-corrected chi connectivity index (χ0v) is 20.7. The van der Waals surface area contributed by atoms with Gasteiger partial charge in [0.25, 0.3) is 5.91 Å². The van der Waals surface area contributed by atoms with Gasteiger partial charge in [0.15, 0.2) is 4.80 Å². The molecule has 1 fully saturated rings. The average Bonchev–Trinajstić information content (AvgIpc) is 3.17. The number of rotatable bonds is 6. The summed E-state index contributed by atoms with van der Waals surface area (Å²) in [5.41, 5.74) is 2.51. The van der Waals surface area contributed by atoms with Crippen LogP contribution in [-0.4, -0.2) is 36.3 Å². The van der Waals surface area contributed by atoms with Crippen LogP contribution in [0, 0.1) is 6.92 Å². The lowest BCUT2D eigenvalue weighted by Crippen LogP contribution is -2.38. The molecule has 0 unspecified atom stereocenters. The molecule has 0 radical (unpaired) electrons. The predicted molar refractivity (Wildman–Crippen MR) is 133 cm³/mol. The number of hydrogen-bond acceptors (Lipinski definition) is 4. The molecule has 33 heavy (non-hydrogen) atoms. The second-order valence-electron chi connectivity index (χ2n) is 8.46. The van der Waals surface area contributed by atoms with Gasteiger partial charge in [-0.05, 0) is 55.7 Å². The third-order valence-electron chi connectivity index (χ3n) is 6.28. The van der Waals surface area contributed by atoms with Gasteiger partial charge in [-0.3, -0.25) is 4.79 Å². The van der Waals surface area contributed by atoms with Gasteiger partial charge in [-0.1, -0.05) is 48.8 Å². The SMILES string of the molecule is C=CCn1c(=NC(=O)c2ccc(S(=O)(=O)N(C)C3CCCCC3)cc2)sc2cccc(C)c21. The smallest absolute Gasteiger partial charge is 0.279 e. The maximum atomic E-state index is 13.1. The molecule has 0 atom stereocenters. The minimum absolute atomic E-state index is 0.0387. The number of thiazole rings is 1. The van der Waals surface area contributed by atoms with Crippen molar-refractivity contribution in [2.24, 2.45) is 4.99 Å². The zero-order chi connectivity index (χ0) is 23.6. The number of aryl methyl sites for hydroxylation is 1. The molecule has 1 saturated carbocycles. The molecule has 1 heterocycles. The topological polar surface area (TPSA) is 71.7 Å². The average molecular weight is 484 g/mol. The van der Waals surface area contributed by atoms with Crippen LogP contribution in [0.3, 0.4) is 0 Å². The van der Waals surface area contributed by atoms with Gasteiger partial charge in [0.1, 0.15) is 0 Å². The number of benzene rings is 2. The molecule has 0 spiro atoms. The number of fused-ring (bicyclic) bond motifs is 1. The summed E-state index contributed by atoms with van der Waals surface area (Å²) < 4.78 is 30.6. The quantitative estimate of drug-likeness (QED) is 0.469. The summed E-state index contributed by atoms with van der Waals surface area (Å²) in [6, 6.07) is 12.2. The highest BCUT2D eigenvalue weighted by Gasteiger charge is 2.29. The van der Waals surface area contributed by atoms with Crippen molar-refractivity contribution in [2.45, 2.75) is 56.5 Å². The van der Waals surface area contributed by atoms with Crippen molar-refractivity contribution in [1.82, 2.24) is 8.87 Å². The van der Waals surface area contributed by atoms with Gasteiger partial charge < -0.3 is 4.57 Å². The van der Waals surface area contributed by atoms with Crippen molar-refractivity contribution in [3.8, 4) is 0 Å². The molecule has 3 aromatic rings. The van der Waals surface area contributed by atoms with Crippen LogP contribution in [0.2, 0.25) is 0 Å². The molecule has 6 nitrogen and oxygen atoms in total. The third kappa shape index (κ3) is 4.74. The van der Waals surface area contributed by atoms with E-state index < -0.39 is 15.9 Å². The maximum Gasteiger partial charge on any atom is 0.279 e. The summed E-state index contributed by atoms with van der Waals surface area (Å²) in [4.78, 5) is 18.1. The van der Waals surface area contributed by atoms with E-state index in [2.05, 4.69) is 11.6 Å². The Labute approximate surface area is 199 Å². The van der Waals surface area contributed by atoms with Gasteiger partial charge in [0.05, 0.1) is 15.1 Å². The van der Waals surface area contributed by atoms with E-state index in [9.17, 15) is 13.2 Å². The first-order valence-corrected chi connectivity index (χ1v) is 13.5. The number of allylic oxidation sites excluding steroid dienone is 1. The molecule has 1 aliphatic carbocycles. The predicted octanol–water partition coefficient (Wildman–Crippen LogP) is 4.89. The van der Waals surface area contributed by atoms with E-state index in [-0.39, 0.29) is 10.9 Å². The number of hydrogen-bond donors (Lipinski definition) is 0. The van der Waals surface area contributed by atoms with Crippen LogP contribution in [0.5, 0.6) is 0 Å². The van der Waals surface area contributed by atoms with E-state index >= 15 is 0 Å². The molecule has 0 bridgehead atoms. The molecular weight excluding hydrogens is 454 g/mol. The highest BCUT2D eigenvalue weighted by Crippen LogP contribution is 2.27. The molecule has 4 rings (SSSR count). The van der Waals surface area contributed by atoms with E-state index in [0.29, 0.717) is 16.9 Å². The van der Waals surface area contributed by atoms with Gasteiger partial charge in [-0.15, -0.1) is 6.58 Å². The Morgan fingerprint density at radius 3 is 2.55 bits per heavy atom. The molecule has 1 amide bonds. The fourth-order valence-electron chi connectivity index (χ4n) is 4.42. The van der Waals surface area contributed by atoms with E-state index in [0.717, 1.165) is 47.9 Å². The number of carbonyl (C=O) groups excluding carboxylic acids is 1. The van der Waals surface area contributed by atoms with Crippen molar-refractivity contribution < 1.29 is 13.2 Å². The van der Waals surface area contributed by atoms with Crippen molar-refractivity contribution in [2.75, 3.05) is 7.05 Å². The molecule has 0 aliphatic heterocycles. The van der Waals surface area contributed by atoms with E-state index in [1.54, 1.807) is 25.3 Å². The second-order valence-corrected chi connectivity index (χ2v) is 11.5. The first-order valence-electron chi connectivity index (χ1n) is 11.2. The normalized spacial score (nSPS) is 15.9. The highest BCUT2D eigenvalue weighted by molar-refractivity contribution is 7.89. The minimum atomic E-state index is -3.60. The number of nitrogens with zero attached hydrogens (tertiary/aromatic N) is 3. The monoisotopic (exact) mass is 483 g/mol. The van der Waals surface area contributed by atoms with Gasteiger partial charge in [0.2, 0.25) is 10.0 Å². The van der Waals surface area contributed by atoms with Crippen molar-refractivity contribution in [3.63, 3.8) is 0 Å². The lowest BCUT2D eigenvalue weighted by molar-refractivity contribution is 0.0997. The molecule has 0 saturated heterocycles. The molecule has 2 aromatic carbocycles. The fourth-order valence-corrected chi connectivity index (χ4v) is 6.95. The Kier molecular flexibility index (Phi) is 6.97. The zero-order valence-electron chi connectivity index (χ0n) is 19.0. The molecular formula is C25H29N3O3S2. The first kappa shape index (κ1) is 23.6.